The molecule has 140 valence electrons. The second kappa shape index (κ2) is 7.14. The highest BCUT2D eigenvalue weighted by atomic mass is 14.8. The first kappa shape index (κ1) is 17.6. The van der Waals surface area contributed by atoms with E-state index in [0.717, 1.165) is 35.4 Å². The lowest BCUT2D eigenvalue weighted by molar-refractivity contribution is 0.931. The molecule has 2 nitrogen and oxygen atoms in total. The zero-order chi connectivity index (χ0) is 19.8. The van der Waals surface area contributed by atoms with E-state index in [2.05, 4.69) is 68.1 Å². The van der Waals surface area contributed by atoms with Gasteiger partial charge in [0.05, 0.1) is 11.4 Å². The van der Waals surface area contributed by atoms with Crippen molar-refractivity contribution in [3.63, 3.8) is 0 Å². The van der Waals surface area contributed by atoms with Crippen molar-refractivity contribution in [1.29, 1.82) is 0 Å². The average molecular weight is 374 g/mol. The second-order valence-electron chi connectivity index (χ2n) is 7.56. The molecular weight excluding hydrogens is 352 g/mol. The fourth-order valence-corrected chi connectivity index (χ4v) is 4.22. The molecule has 0 fully saturated rings. The van der Waals surface area contributed by atoms with Crippen molar-refractivity contribution in [3.8, 4) is 33.6 Å². The van der Waals surface area contributed by atoms with Gasteiger partial charge in [-0.2, -0.15) is 0 Å². The fourth-order valence-electron chi connectivity index (χ4n) is 4.22. The Hall–Kier alpha value is -3.52. The molecule has 0 bridgehead atoms. The van der Waals surface area contributed by atoms with Crippen molar-refractivity contribution in [2.75, 3.05) is 0 Å². The number of aryl methyl sites for hydroxylation is 3. The highest BCUT2D eigenvalue weighted by Crippen LogP contribution is 2.36. The molecule has 0 unspecified atom stereocenters. The Kier molecular flexibility index (Phi) is 4.33. The van der Waals surface area contributed by atoms with Crippen molar-refractivity contribution in [2.24, 2.45) is 0 Å². The molecule has 0 N–H and O–H groups in total. The normalized spacial score (nSPS) is 12.2. The van der Waals surface area contributed by atoms with Gasteiger partial charge < -0.3 is 0 Å². The predicted octanol–water partition coefficient (Wildman–Crippen LogP) is 6.53. The monoisotopic (exact) mass is 374 g/mol. The maximum atomic E-state index is 4.76. The molecule has 2 aromatic heterocycles. The maximum Gasteiger partial charge on any atom is 0.0892 e. The largest absolute Gasteiger partial charge is 0.254 e. The van der Waals surface area contributed by atoms with Crippen LogP contribution in [0.3, 0.4) is 0 Å². The Bertz CT molecular complexity index is 1240. The summed E-state index contributed by atoms with van der Waals surface area (Å²) in [7, 11) is 0. The summed E-state index contributed by atoms with van der Waals surface area (Å²) in [5, 5.41) is 0. The van der Waals surface area contributed by atoms with Crippen LogP contribution in [0.5, 0.6) is 0 Å². The summed E-state index contributed by atoms with van der Waals surface area (Å²) in [6.45, 7) is 6.07. The molecule has 2 heteroatoms. The Balaban J connectivity index is 1.64. The van der Waals surface area contributed by atoms with Crippen LogP contribution in [-0.2, 0) is 12.8 Å². The molecule has 0 aliphatic heterocycles. The predicted molar refractivity (Wildman–Crippen MR) is 121 cm³/mol. The molecule has 2 aromatic carbocycles. The van der Waals surface area contributed by atoms with Crippen LogP contribution in [0.15, 0.2) is 79.6 Å². The van der Waals surface area contributed by atoms with Gasteiger partial charge >= 0.3 is 0 Å². The summed E-state index contributed by atoms with van der Waals surface area (Å²) in [5.74, 6) is 0. The Morgan fingerprint density at radius 2 is 1.38 bits per heavy atom. The number of nitrogens with zero attached hydrogens (tertiary/aromatic N) is 2. The number of fused-ring (bicyclic) bond motifs is 3. The lowest BCUT2D eigenvalue weighted by Crippen LogP contribution is -2.05. The Morgan fingerprint density at radius 3 is 2.21 bits per heavy atom. The van der Waals surface area contributed by atoms with Crippen LogP contribution in [0.4, 0.5) is 0 Å². The summed E-state index contributed by atoms with van der Waals surface area (Å²) in [5.41, 5.74) is 11.8. The van der Waals surface area contributed by atoms with Crippen molar-refractivity contribution >= 4 is 6.08 Å². The summed E-state index contributed by atoms with van der Waals surface area (Å²) in [6.07, 6.45) is 8.00. The summed E-state index contributed by atoms with van der Waals surface area (Å²) in [6, 6.07) is 21.4. The zero-order valence-corrected chi connectivity index (χ0v) is 16.5. The van der Waals surface area contributed by atoms with E-state index in [1.807, 2.05) is 24.5 Å². The van der Waals surface area contributed by atoms with Crippen molar-refractivity contribution < 1.29 is 0 Å². The SMILES string of the molecule is C=Cc1ccccc1-c1cc(-c2cc3c(cn2)CCc2ccccc2-3)ncc1C. The van der Waals surface area contributed by atoms with Crippen molar-refractivity contribution in [3.05, 3.63) is 102 Å². The third-order valence-electron chi connectivity index (χ3n) is 5.79. The van der Waals surface area contributed by atoms with E-state index in [4.69, 9.17) is 9.97 Å². The first-order valence-electron chi connectivity index (χ1n) is 10.0. The minimum Gasteiger partial charge on any atom is -0.254 e. The fraction of sp³-hybridized carbons (Fsp3) is 0.111. The summed E-state index contributed by atoms with van der Waals surface area (Å²) < 4.78 is 0. The van der Waals surface area contributed by atoms with E-state index in [9.17, 15) is 0 Å². The molecule has 0 radical (unpaired) electrons. The molecule has 0 saturated carbocycles. The molecule has 1 aliphatic rings. The van der Waals surface area contributed by atoms with Crippen LogP contribution >= 0.6 is 0 Å². The number of hydrogen-bond acceptors (Lipinski definition) is 2. The van der Waals surface area contributed by atoms with Crippen LogP contribution in [0.2, 0.25) is 0 Å². The van der Waals surface area contributed by atoms with Gasteiger partial charge in [0, 0.05) is 12.4 Å². The van der Waals surface area contributed by atoms with Gasteiger partial charge in [0.2, 0.25) is 0 Å². The molecule has 2 heterocycles. The number of hydrogen-bond donors (Lipinski definition) is 0. The highest BCUT2D eigenvalue weighted by molar-refractivity contribution is 5.81. The molecule has 5 rings (SSSR count). The highest BCUT2D eigenvalue weighted by Gasteiger charge is 2.18. The molecule has 29 heavy (non-hydrogen) atoms. The van der Waals surface area contributed by atoms with Crippen LogP contribution < -0.4 is 0 Å². The van der Waals surface area contributed by atoms with E-state index >= 15 is 0 Å². The molecule has 4 aromatic rings. The van der Waals surface area contributed by atoms with Crippen LogP contribution in [0.25, 0.3) is 39.7 Å². The third kappa shape index (κ3) is 3.07. The van der Waals surface area contributed by atoms with Crippen molar-refractivity contribution in [1.82, 2.24) is 9.97 Å². The van der Waals surface area contributed by atoms with Gasteiger partial charge in [-0.05, 0) is 76.4 Å². The zero-order valence-electron chi connectivity index (χ0n) is 16.5. The smallest absolute Gasteiger partial charge is 0.0892 e. The lowest BCUT2D eigenvalue weighted by atomic mass is 9.86. The topological polar surface area (TPSA) is 25.8 Å². The summed E-state index contributed by atoms with van der Waals surface area (Å²) in [4.78, 5) is 9.47. The molecule has 0 amide bonds. The quantitative estimate of drug-likeness (QED) is 0.407. The van der Waals surface area contributed by atoms with Gasteiger partial charge in [0.15, 0.2) is 0 Å². The number of rotatable bonds is 3. The number of benzene rings is 2. The van der Waals surface area contributed by atoms with E-state index in [0.29, 0.717) is 0 Å². The van der Waals surface area contributed by atoms with E-state index in [-0.39, 0.29) is 0 Å². The first-order chi connectivity index (χ1) is 14.2. The standard InChI is InChI=1S/C27H22N2/c1-3-19-8-4-6-10-22(19)24-14-26(28-16-18(24)2)27-15-25-21(17-29-27)13-12-20-9-5-7-11-23(20)25/h3-11,14-17H,1,12-13H2,2H3. The van der Waals surface area contributed by atoms with Crippen molar-refractivity contribution in [2.45, 2.75) is 19.8 Å². The minimum atomic E-state index is 0.898. The maximum absolute atomic E-state index is 4.76. The van der Waals surface area contributed by atoms with Crippen LogP contribution in [0.1, 0.15) is 22.3 Å². The van der Waals surface area contributed by atoms with Crippen LogP contribution in [-0.4, -0.2) is 9.97 Å². The second-order valence-corrected chi connectivity index (χ2v) is 7.56. The van der Waals surface area contributed by atoms with Gasteiger partial charge in [-0.3, -0.25) is 9.97 Å². The van der Waals surface area contributed by atoms with Gasteiger partial charge in [0.1, 0.15) is 0 Å². The van der Waals surface area contributed by atoms with E-state index in [1.165, 1.54) is 33.4 Å². The van der Waals surface area contributed by atoms with Gasteiger partial charge in [-0.25, -0.2) is 0 Å². The summed E-state index contributed by atoms with van der Waals surface area (Å²) >= 11 is 0. The number of pyridine rings is 2. The molecule has 0 saturated heterocycles. The van der Waals surface area contributed by atoms with Gasteiger partial charge in [-0.15, -0.1) is 0 Å². The molecule has 0 atom stereocenters. The Morgan fingerprint density at radius 1 is 0.724 bits per heavy atom. The molecule has 0 spiro atoms. The van der Waals surface area contributed by atoms with E-state index < -0.39 is 0 Å². The Labute approximate surface area is 171 Å². The molecule has 1 aliphatic carbocycles. The lowest BCUT2D eigenvalue weighted by Gasteiger charge is -2.20. The average Bonchev–Trinajstić information content (AvgIpc) is 2.79. The van der Waals surface area contributed by atoms with E-state index in [1.54, 1.807) is 0 Å². The van der Waals surface area contributed by atoms with Gasteiger partial charge in [-0.1, -0.05) is 61.2 Å². The van der Waals surface area contributed by atoms with Crippen LogP contribution in [0, 0.1) is 6.92 Å². The number of aromatic nitrogens is 2. The minimum absolute atomic E-state index is 0.898. The first-order valence-corrected chi connectivity index (χ1v) is 10.0. The molecular formula is C27H22N2. The third-order valence-corrected chi connectivity index (χ3v) is 5.79. The van der Waals surface area contributed by atoms with Gasteiger partial charge in [0.25, 0.3) is 0 Å².